The lowest BCUT2D eigenvalue weighted by molar-refractivity contribution is -0.123. The van der Waals surface area contributed by atoms with Gasteiger partial charge in [0.15, 0.2) is 5.78 Å². The first kappa shape index (κ1) is 24.6. The molecule has 188 valence electrons. The van der Waals surface area contributed by atoms with Crippen LogP contribution in [0.25, 0.3) is 11.4 Å². The van der Waals surface area contributed by atoms with E-state index in [2.05, 4.69) is 15.6 Å². The largest absolute Gasteiger partial charge is 0.353 e. The molecule has 0 spiro atoms. The summed E-state index contributed by atoms with van der Waals surface area (Å²) in [5.41, 5.74) is 1.54. The van der Waals surface area contributed by atoms with E-state index in [4.69, 9.17) is 11.6 Å². The molecule has 12 heteroatoms. The lowest BCUT2D eigenvalue weighted by atomic mass is 10.1. The quantitative estimate of drug-likeness (QED) is 0.362. The third-order valence-corrected chi connectivity index (χ3v) is 7.15. The monoisotopic (exact) mass is 536 g/mol. The SMILES string of the molecule is O=C1CN(C(=O)c2cc(-n3ccccc3=O)ccc2-n2cc(CCC(=O)c3ccc(Cl)s3)nn2)CCN1. The fourth-order valence-corrected chi connectivity index (χ4v) is 5.04. The molecule has 0 bridgehead atoms. The smallest absolute Gasteiger partial charge is 0.256 e. The van der Waals surface area contributed by atoms with Crippen molar-refractivity contribution in [1.29, 1.82) is 0 Å². The summed E-state index contributed by atoms with van der Waals surface area (Å²) in [6.45, 7) is 0.650. The Morgan fingerprint density at radius 2 is 1.97 bits per heavy atom. The number of carbonyl (C=O) groups excluding carboxylic acids is 3. The molecule has 4 aromatic rings. The molecule has 1 aromatic carbocycles. The van der Waals surface area contributed by atoms with Crippen LogP contribution in [0.3, 0.4) is 0 Å². The number of benzene rings is 1. The van der Waals surface area contributed by atoms with Crippen LogP contribution >= 0.6 is 22.9 Å². The average molecular weight is 537 g/mol. The van der Waals surface area contributed by atoms with E-state index in [-0.39, 0.29) is 41.7 Å². The fourth-order valence-electron chi connectivity index (χ4n) is 4.03. The van der Waals surface area contributed by atoms with E-state index in [1.807, 2.05) is 0 Å². The Hall–Kier alpha value is -4.09. The number of aryl methyl sites for hydroxylation is 1. The number of halogens is 1. The summed E-state index contributed by atoms with van der Waals surface area (Å²) in [4.78, 5) is 52.3. The summed E-state index contributed by atoms with van der Waals surface area (Å²) in [6.07, 6.45) is 3.88. The van der Waals surface area contributed by atoms with Crippen LogP contribution in [-0.2, 0) is 11.2 Å². The zero-order valence-electron chi connectivity index (χ0n) is 19.5. The van der Waals surface area contributed by atoms with Gasteiger partial charge < -0.3 is 10.2 Å². The number of rotatable bonds is 7. The molecule has 1 N–H and O–H groups in total. The molecule has 2 amide bonds. The molecule has 0 radical (unpaired) electrons. The minimum atomic E-state index is -0.363. The summed E-state index contributed by atoms with van der Waals surface area (Å²) in [6, 6.07) is 13.2. The molecule has 1 aliphatic rings. The molecule has 0 unspecified atom stereocenters. The van der Waals surface area contributed by atoms with E-state index in [9.17, 15) is 19.2 Å². The molecule has 37 heavy (non-hydrogen) atoms. The van der Waals surface area contributed by atoms with Crippen molar-refractivity contribution in [3.8, 4) is 11.4 Å². The molecule has 1 fully saturated rings. The van der Waals surface area contributed by atoms with Crippen LogP contribution in [0.1, 0.15) is 32.1 Å². The number of piperazine rings is 1. The number of amides is 2. The normalized spacial score (nSPS) is 13.4. The summed E-state index contributed by atoms with van der Waals surface area (Å²) in [7, 11) is 0. The van der Waals surface area contributed by atoms with Gasteiger partial charge in [-0.25, -0.2) is 4.68 Å². The Morgan fingerprint density at radius 3 is 2.73 bits per heavy atom. The Morgan fingerprint density at radius 1 is 1.11 bits per heavy atom. The first-order valence-electron chi connectivity index (χ1n) is 11.5. The molecule has 0 saturated carbocycles. The van der Waals surface area contributed by atoms with Gasteiger partial charge in [0.2, 0.25) is 5.91 Å². The lowest BCUT2D eigenvalue weighted by Gasteiger charge is -2.27. The molecule has 4 heterocycles. The second-order valence-corrected chi connectivity index (χ2v) is 10.1. The fraction of sp³-hybridized carbons (Fsp3) is 0.200. The van der Waals surface area contributed by atoms with Crippen LogP contribution < -0.4 is 10.9 Å². The van der Waals surface area contributed by atoms with Gasteiger partial charge in [-0.1, -0.05) is 22.9 Å². The van der Waals surface area contributed by atoms with Gasteiger partial charge in [-0.15, -0.1) is 16.4 Å². The highest BCUT2D eigenvalue weighted by Crippen LogP contribution is 2.24. The highest BCUT2D eigenvalue weighted by Gasteiger charge is 2.26. The van der Waals surface area contributed by atoms with Crippen molar-refractivity contribution < 1.29 is 14.4 Å². The Kier molecular flexibility index (Phi) is 6.97. The number of thiophene rings is 1. The maximum absolute atomic E-state index is 13.5. The predicted octanol–water partition coefficient (Wildman–Crippen LogP) is 2.52. The lowest BCUT2D eigenvalue weighted by Crippen LogP contribution is -2.50. The third-order valence-electron chi connectivity index (χ3n) is 5.88. The van der Waals surface area contributed by atoms with Gasteiger partial charge in [0.05, 0.1) is 38.9 Å². The van der Waals surface area contributed by atoms with Gasteiger partial charge in [-0.3, -0.25) is 23.7 Å². The molecule has 0 aliphatic carbocycles. The number of nitrogens with zero attached hydrogens (tertiary/aromatic N) is 5. The molecule has 10 nitrogen and oxygen atoms in total. The molecular formula is C25H21ClN6O4S. The maximum atomic E-state index is 13.5. The highest BCUT2D eigenvalue weighted by molar-refractivity contribution is 7.18. The zero-order valence-corrected chi connectivity index (χ0v) is 21.0. The number of hydrogen-bond donors (Lipinski definition) is 1. The summed E-state index contributed by atoms with van der Waals surface area (Å²) < 4.78 is 3.45. The maximum Gasteiger partial charge on any atom is 0.256 e. The van der Waals surface area contributed by atoms with Crippen molar-refractivity contribution in [2.24, 2.45) is 0 Å². The zero-order chi connectivity index (χ0) is 25.9. The number of ketones is 1. The van der Waals surface area contributed by atoms with Gasteiger partial charge in [0, 0.05) is 43.9 Å². The molecule has 1 aliphatic heterocycles. The Labute approximate surface area is 220 Å². The number of carbonyl (C=O) groups is 3. The number of pyridine rings is 1. The highest BCUT2D eigenvalue weighted by atomic mass is 35.5. The second kappa shape index (κ2) is 10.5. The molecule has 5 rings (SSSR count). The van der Waals surface area contributed by atoms with E-state index in [0.29, 0.717) is 45.8 Å². The van der Waals surface area contributed by atoms with Crippen molar-refractivity contribution in [3.05, 3.63) is 91.7 Å². The number of hydrogen-bond acceptors (Lipinski definition) is 7. The van der Waals surface area contributed by atoms with Crippen molar-refractivity contribution in [2.75, 3.05) is 19.6 Å². The third kappa shape index (κ3) is 5.37. The van der Waals surface area contributed by atoms with Crippen LogP contribution in [-0.4, -0.2) is 61.7 Å². The standard InChI is InChI=1S/C25H21ClN6O4S/c26-22-9-8-21(37-22)20(33)7-4-16-14-32(29-28-16)19-6-5-17(31-11-2-1-3-24(31)35)13-18(19)25(36)30-12-10-27-23(34)15-30/h1-3,5-6,8-9,11,13-14H,4,7,10,12,15H2,(H,27,34). The number of Topliss-reactive ketones (excluding diaryl/α,β-unsaturated/α-hetero) is 1. The van der Waals surface area contributed by atoms with Crippen LogP contribution in [0, 0.1) is 0 Å². The summed E-state index contributed by atoms with van der Waals surface area (Å²) >= 11 is 7.16. The van der Waals surface area contributed by atoms with Gasteiger partial charge in [0.25, 0.3) is 11.5 Å². The molecule has 0 atom stereocenters. The van der Waals surface area contributed by atoms with Crippen LogP contribution in [0.5, 0.6) is 0 Å². The number of nitrogens with one attached hydrogen (secondary N) is 1. The van der Waals surface area contributed by atoms with E-state index in [1.54, 1.807) is 54.9 Å². The van der Waals surface area contributed by atoms with E-state index < -0.39 is 0 Å². The average Bonchev–Trinajstić information content (AvgIpc) is 3.56. The van der Waals surface area contributed by atoms with Crippen LogP contribution in [0.4, 0.5) is 0 Å². The van der Waals surface area contributed by atoms with E-state index in [1.165, 1.54) is 31.6 Å². The van der Waals surface area contributed by atoms with Crippen LogP contribution in [0.15, 0.2) is 65.7 Å². The van der Waals surface area contributed by atoms with Gasteiger partial charge in [0.1, 0.15) is 0 Å². The van der Waals surface area contributed by atoms with Gasteiger partial charge in [-0.05, 0) is 36.4 Å². The van der Waals surface area contributed by atoms with E-state index >= 15 is 0 Å². The topological polar surface area (TPSA) is 119 Å². The van der Waals surface area contributed by atoms with Gasteiger partial charge >= 0.3 is 0 Å². The second-order valence-electron chi connectivity index (χ2n) is 8.37. The van der Waals surface area contributed by atoms with Crippen molar-refractivity contribution in [1.82, 2.24) is 29.8 Å². The Balaban J connectivity index is 1.45. The van der Waals surface area contributed by atoms with Crippen molar-refractivity contribution in [2.45, 2.75) is 12.8 Å². The number of aromatic nitrogens is 4. The molecule has 3 aromatic heterocycles. The molecular weight excluding hydrogens is 516 g/mol. The van der Waals surface area contributed by atoms with Crippen molar-refractivity contribution in [3.63, 3.8) is 0 Å². The summed E-state index contributed by atoms with van der Waals surface area (Å²) in [5.74, 6) is -0.642. The van der Waals surface area contributed by atoms with Crippen LogP contribution in [0.2, 0.25) is 4.34 Å². The van der Waals surface area contributed by atoms with E-state index in [0.717, 1.165) is 0 Å². The molecule has 1 saturated heterocycles. The summed E-state index contributed by atoms with van der Waals surface area (Å²) in [5, 5.41) is 11.1. The van der Waals surface area contributed by atoms with Gasteiger partial charge in [-0.2, -0.15) is 0 Å². The minimum Gasteiger partial charge on any atom is -0.353 e. The minimum absolute atomic E-state index is 0.0386. The first-order valence-corrected chi connectivity index (χ1v) is 12.7. The predicted molar refractivity (Wildman–Crippen MR) is 138 cm³/mol. The van der Waals surface area contributed by atoms with Crippen molar-refractivity contribution >= 4 is 40.5 Å². The first-order chi connectivity index (χ1) is 17.9. The Bertz CT molecular complexity index is 1560.